The molecule has 0 aromatic heterocycles. The lowest BCUT2D eigenvalue weighted by atomic mass is 10.1. The Labute approximate surface area is 78.0 Å². The molecule has 1 aliphatic rings. The summed E-state index contributed by atoms with van der Waals surface area (Å²) in [6.45, 7) is 0. The first-order valence-electron chi connectivity index (χ1n) is 4.04. The monoisotopic (exact) mass is 185 g/mol. The predicted octanol–water partition coefficient (Wildman–Crippen LogP) is 0.752. The maximum Gasteiger partial charge on any atom is 0.166 e. The zero-order valence-corrected chi connectivity index (χ0v) is 8.16. The van der Waals surface area contributed by atoms with Gasteiger partial charge in [0.05, 0.1) is 14.2 Å². The Morgan fingerprint density at radius 3 is 2.46 bits per heavy atom. The van der Waals surface area contributed by atoms with E-state index in [4.69, 9.17) is 19.9 Å². The lowest BCUT2D eigenvalue weighted by molar-refractivity contribution is 0.0650. The van der Waals surface area contributed by atoms with E-state index in [1.807, 2.05) is 0 Å². The lowest BCUT2D eigenvalue weighted by Crippen LogP contribution is -2.24. The number of hydrogen-bond donors (Lipinski definition) is 1. The molecule has 1 atom stereocenters. The molecule has 13 heavy (non-hydrogen) atoms. The van der Waals surface area contributed by atoms with Gasteiger partial charge in [0.15, 0.2) is 11.5 Å². The van der Waals surface area contributed by atoms with Crippen molar-refractivity contribution in [1.29, 1.82) is 0 Å². The normalized spacial score (nSPS) is 22.7. The summed E-state index contributed by atoms with van der Waals surface area (Å²) in [5.41, 5.74) is 6.44. The fraction of sp³-hybridized carbons (Fsp3) is 0.556. The molecule has 1 aliphatic carbocycles. The van der Waals surface area contributed by atoms with Crippen LogP contribution in [-0.2, 0) is 14.2 Å². The first kappa shape index (κ1) is 9.92. The quantitative estimate of drug-likeness (QED) is 0.705. The van der Waals surface area contributed by atoms with Gasteiger partial charge in [-0.2, -0.15) is 0 Å². The van der Waals surface area contributed by atoms with E-state index in [9.17, 15) is 0 Å². The first-order valence-corrected chi connectivity index (χ1v) is 4.04. The summed E-state index contributed by atoms with van der Waals surface area (Å²) in [5, 5.41) is 0. The fourth-order valence-electron chi connectivity index (χ4n) is 1.35. The maximum atomic E-state index is 5.69. The van der Waals surface area contributed by atoms with Crippen LogP contribution < -0.4 is 5.73 Å². The fourth-order valence-corrected chi connectivity index (χ4v) is 1.35. The minimum atomic E-state index is -0.134. The Kier molecular flexibility index (Phi) is 3.19. The third kappa shape index (κ3) is 1.95. The van der Waals surface area contributed by atoms with Gasteiger partial charge >= 0.3 is 0 Å². The van der Waals surface area contributed by atoms with Crippen LogP contribution in [0.1, 0.15) is 6.42 Å². The average molecular weight is 185 g/mol. The van der Waals surface area contributed by atoms with Gasteiger partial charge in [0.1, 0.15) is 6.10 Å². The van der Waals surface area contributed by atoms with E-state index >= 15 is 0 Å². The van der Waals surface area contributed by atoms with Gasteiger partial charge in [-0.1, -0.05) is 0 Å². The van der Waals surface area contributed by atoms with Crippen LogP contribution in [0, 0.1) is 0 Å². The molecule has 1 rings (SSSR count). The molecule has 0 aromatic carbocycles. The van der Waals surface area contributed by atoms with Gasteiger partial charge in [0.2, 0.25) is 0 Å². The second-order valence-corrected chi connectivity index (χ2v) is 2.78. The van der Waals surface area contributed by atoms with Crippen molar-refractivity contribution < 1.29 is 14.2 Å². The number of rotatable bonds is 3. The van der Waals surface area contributed by atoms with Crippen molar-refractivity contribution in [2.75, 3.05) is 21.3 Å². The molecule has 0 amide bonds. The predicted molar refractivity (Wildman–Crippen MR) is 48.7 cm³/mol. The second-order valence-electron chi connectivity index (χ2n) is 2.78. The molecule has 74 valence electrons. The Balaban J connectivity index is 2.96. The number of allylic oxidation sites excluding steroid dienone is 1. The van der Waals surface area contributed by atoms with Gasteiger partial charge in [-0.15, -0.1) is 0 Å². The number of nitrogens with two attached hydrogens (primary N) is 1. The van der Waals surface area contributed by atoms with Crippen LogP contribution in [0.25, 0.3) is 0 Å². The molecule has 4 heteroatoms. The zero-order chi connectivity index (χ0) is 9.84. The van der Waals surface area contributed by atoms with Gasteiger partial charge in [0.25, 0.3) is 0 Å². The van der Waals surface area contributed by atoms with E-state index in [-0.39, 0.29) is 6.10 Å². The zero-order valence-electron chi connectivity index (χ0n) is 8.16. The highest BCUT2D eigenvalue weighted by Gasteiger charge is 2.24. The van der Waals surface area contributed by atoms with Gasteiger partial charge in [0, 0.05) is 25.3 Å². The Morgan fingerprint density at radius 1 is 1.31 bits per heavy atom. The van der Waals surface area contributed by atoms with Gasteiger partial charge in [-0.3, -0.25) is 0 Å². The van der Waals surface area contributed by atoms with E-state index in [0.717, 1.165) is 5.70 Å². The average Bonchev–Trinajstić information content (AvgIpc) is 2.16. The van der Waals surface area contributed by atoms with E-state index in [1.54, 1.807) is 27.4 Å². The Morgan fingerprint density at radius 2 is 2.00 bits per heavy atom. The summed E-state index contributed by atoms with van der Waals surface area (Å²) in [4.78, 5) is 0. The summed E-state index contributed by atoms with van der Waals surface area (Å²) >= 11 is 0. The molecule has 0 bridgehead atoms. The molecule has 0 saturated carbocycles. The SMILES string of the molecule is COC1=C(OC)C(OC)CC(N)=C1. The molecule has 0 fully saturated rings. The molecular formula is C9H15NO3. The Hall–Kier alpha value is -1.16. The Bertz CT molecular complexity index is 245. The van der Waals surface area contributed by atoms with E-state index in [0.29, 0.717) is 17.9 Å². The summed E-state index contributed by atoms with van der Waals surface area (Å²) < 4.78 is 15.5. The van der Waals surface area contributed by atoms with Crippen LogP contribution >= 0.6 is 0 Å². The molecule has 0 spiro atoms. The van der Waals surface area contributed by atoms with Crippen LogP contribution in [0.2, 0.25) is 0 Å². The highest BCUT2D eigenvalue weighted by Crippen LogP contribution is 2.24. The third-order valence-corrected chi connectivity index (χ3v) is 2.00. The molecule has 0 aromatic rings. The van der Waals surface area contributed by atoms with Crippen molar-refractivity contribution in [2.45, 2.75) is 12.5 Å². The molecule has 4 nitrogen and oxygen atoms in total. The van der Waals surface area contributed by atoms with Gasteiger partial charge < -0.3 is 19.9 Å². The van der Waals surface area contributed by atoms with E-state index in [2.05, 4.69) is 0 Å². The van der Waals surface area contributed by atoms with Crippen LogP contribution in [0.3, 0.4) is 0 Å². The summed E-state index contributed by atoms with van der Waals surface area (Å²) in [6.07, 6.45) is 2.27. The van der Waals surface area contributed by atoms with E-state index in [1.165, 1.54) is 0 Å². The van der Waals surface area contributed by atoms with E-state index < -0.39 is 0 Å². The topological polar surface area (TPSA) is 53.7 Å². The third-order valence-electron chi connectivity index (χ3n) is 2.00. The highest BCUT2D eigenvalue weighted by atomic mass is 16.5. The summed E-state index contributed by atoms with van der Waals surface area (Å²) in [6, 6.07) is 0. The highest BCUT2D eigenvalue weighted by molar-refractivity contribution is 5.28. The van der Waals surface area contributed by atoms with Crippen LogP contribution in [-0.4, -0.2) is 27.4 Å². The number of methoxy groups -OCH3 is 3. The summed E-state index contributed by atoms with van der Waals surface area (Å²) in [7, 11) is 4.79. The minimum Gasteiger partial charge on any atom is -0.494 e. The molecule has 0 radical (unpaired) electrons. The minimum absolute atomic E-state index is 0.134. The smallest absolute Gasteiger partial charge is 0.166 e. The largest absolute Gasteiger partial charge is 0.494 e. The molecule has 0 heterocycles. The maximum absolute atomic E-state index is 5.69. The first-order chi connectivity index (χ1) is 6.22. The number of hydrogen-bond acceptors (Lipinski definition) is 4. The van der Waals surface area contributed by atoms with Crippen LogP contribution in [0.4, 0.5) is 0 Å². The van der Waals surface area contributed by atoms with Crippen molar-refractivity contribution in [3.05, 3.63) is 23.3 Å². The molecular weight excluding hydrogens is 170 g/mol. The number of ether oxygens (including phenoxy) is 3. The molecule has 1 unspecified atom stereocenters. The van der Waals surface area contributed by atoms with Crippen molar-refractivity contribution in [2.24, 2.45) is 5.73 Å². The van der Waals surface area contributed by atoms with Gasteiger partial charge in [-0.05, 0) is 0 Å². The molecule has 2 N–H and O–H groups in total. The second kappa shape index (κ2) is 4.18. The van der Waals surface area contributed by atoms with Crippen molar-refractivity contribution in [3.63, 3.8) is 0 Å². The lowest BCUT2D eigenvalue weighted by Gasteiger charge is -2.23. The molecule has 0 saturated heterocycles. The van der Waals surface area contributed by atoms with Crippen LogP contribution in [0.15, 0.2) is 23.3 Å². The van der Waals surface area contributed by atoms with Crippen LogP contribution in [0.5, 0.6) is 0 Å². The van der Waals surface area contributed by atoms with Crippen molar-refractivity contribution in [3.8, 4) is 0 Å². The van der Waals surface area contributed by atoms with Crippen molar-refractivity contribution >= 4 is 0 Å². The summed E-state index contributed by atoms with van der Waals surface area (Å²) in [5.74, 6) is 1.33. The molecule has 0 aliphatic heterocycles. The van der Waals surface area contributed by atoms with Crippen molar-refractivity contribution in [1.82, 2.24) is 0 Å². The standard InChI is InChI=1S/C9H15NO3/c1-11-7-4-6(10)5-8(12-2)9(7)13-3/h4,8H,5,10H2,1-3H3. The van der Waals surface area contributed by atoms with Gasteiger partial charge in [-0.25, -0.2) is 0 Å².